The minimum Gasteiger partial charge on any atom is -0.379 e. The second-order valence-electron chi connectivity index (χ2n) is 7.81. The molecule has 0 bridgehead atoms. The molecule has 0 aliphatic carbocycles. The predicted molar refractivity (Wildman–Crippen MR) is 131 cm³/mol. The Labute approximate surface area is 197 Å². The molecule has 2 N–H and O–H groups in total. The molecule has 30 heavy (non-hydrogen) atoms. The van der Waals surface area contributed by atoms with Crippen LogP contribution in [0.4, 0.5) is 0 Å². The molecule has 1 aromatic rings. The predicted octanol–water partition coefficient (Wildman–Crippen LogP) is 2.20. The third-order valence-electron chi connectivity index (χ3n) is 5.53. The van der Waals surface area contributed by atoms with Crippen LogP contribution in [0.1, 0.15) is 37.8 Å². The SMILES string of the molecule is CCNC(=NCc1cccc(CN2CCCC2=O)c1)NCC(C)N1CCOCC1.I. The van der Waals surface area contributed by atoms with Gasteiger partial charge in [-0.05, 0) is 31.4 Å². The Morgan fingerprint density at radius 1 is 1.20 bits per heavy atom. The molecule has 1 atom stereocenters. The monoisotopic (exact) mass is 529 g/mol. The van der Waals surface area contributed by atoms with Crippen molar-refractivity contribution in [3.05, 3.63) is 35.4 Å². The number of guanidine groups is 1. The standard InChI is InChI=1S/C22H35N5O2.HI/c1-3-23-22(24-15-18(2)26-10-12-29-13-11-26)25-16-19-6-4-7-20(14-19)17-27-9-5-8-21(27)28;/h4,6-7,14,18H,3,5,8-13,15-17H2,1-2H3,(H2,23,24,25);1H. The fourth-order valence-electron chi connectivity index (χ4n) is 3.82. The lowest BCUT2D eigenvalue weighted by Crippen LogP contribution is -2.49. The van der Waals surface area contributed by atoms with Crippen molar-refractivity contribution in [2.45, 2.75) is 45.8 Å². The molecule has 1 amide bonds. The molecule has 1 unspecified atom stereocenters. The number of aliphatic imine (C=N–C) groups is 1. The zero-order valence-corrected chi connectivity index (χ0v) is 20.6. The van der Waals surface area contributed by atoms with Gasteiger partial charge in [-0.3, -0.25) is 9.69 Å². The number of amides is 1. The van der Waals surface area contributed by atoms with Crippen molar-refractivity contribution in [1.82, 2.24) is 20.4 Å². The zero-order valence-electron chi connectivity index (χ0n) is 18.2. The number of carbonyl (C=O) groups excluding carboxylic acids is 1. The minimum absolute atomic E-state index is 0. The minimum atomic E-state index is 0. The summed E-state index contributed by atoms with van der Waals surface area (Å²) in [6.07, 6.45) is 1.66. The highest BCUT2D eigenvalue weighted by Gasteiger charge is 2.20. The second-order valence-corrected chi connectivity index (χ2v) is 7.81. The van der Waals surface area contributed by atoms with Crippen LogP contribution < -0.4 is 10.6 Å². The first kappa shape index (κ1) is 24.9. The Hall–Kier alpha value is -1.39. The van der Waals surface area contributed by atoms with Gasteiger partial charge in [0.25, 0.3) is 0 Å². The van der Waals surface area contributed by atoms with E-state index in [2.05, 4.69) is 53.6 Å². The molecule has 1 aromatic carbocycles. The van der Waals surface area contributed by atoms with Crippen molar-refractivity contribution in [2.75, 3.05) is 45.9 Å². The number of rotatable bonds is 8. The Balaban J connectivity index is 0.00000320. The van der Waals surface area contributed by atoms with E-state index in [9.17, 15) is 4.79 Å². The first-order chi connectivity index (χ1) is 14.2. The van der Waals surface area contributed by atoms with Gasteiger partial charge in [0.2, 0.25) is 5.91 Å². The molecule has 2 saturated heterocycles. The number of halogens is 1. The van der Waals surface area contributed by atoms with E-state index in [0.29, 0.717) is 25.6 Å². The molecule has 0 saturated carbocycles. The molecule has 2 heterocycles. The Kier molecular flexibility index (Phi) is 10.9. The zero-order chi connectivity index (χ0) is 20.5. The van der Waals surface area contributed by atoms with Gasteiger partial charge in [-0.1, -0.05) is 24.3 Å². The molecule has 2 fully saturated rings. The summed E-state index contributed by atoms with van der Waals surface area (Å²) in [6, 6.07) is 8.84. The first-order valence-electron chi connectivity index (χ1n) is 10.8. The molecule has 0 radical (unpaired) electrons. The van der Waals surface area contributed by atoms with Crippen LogP contribution in [0.25, 0.3) is 0 Å². The van der Waals surface area contributed by atoms with E-state index in [1.165, 1.54) is 5.56 Å². The number of benzene rings is 1. The van der Waals surface area contributed by atoms with Crippen LogP contribution in [0.3, 0.4) is 0 Å². The normalized spacial score (nSPS) is 18.8. The van der Waals surface area contributed by atoms with Crippen LogP contribution >= 0.6 is 24.0 Å². The van der Waals surface area contributed by atoms with Gasteiger partial charge in [-0.2, -0.15) is 0 Å². The van der Waals surface area contributed by atoms with Gasteiger partial charge in [0, 0.05) is 51.7 Å². The molecule has 8 heteroatoms. The highest BCUT2D eigenvalue weighted by Crippen LogP contribution is 2.15. The van der Waals surface area contributed by atoms with Gasteiger partial charge in [-0.25, -0.2) is 4.99 Å². The van der Waals surface area contributed by atoms with Crippen molar-refractivity contribution in [1.29, 1.82) is 0 Å². The van der Waals surface area contributed by atoms with Crippen LogP contribution in [0.5, 0.6) is 0 Å². The highest BCUT2D eigenvalue weighted by molar-refractivity contribution is 14.0. The maximum Gasteiger partial charge on any atom is 0.222 e. The molecule has 0 spiro atoms. The van der Waals surface area contributed by atoms with E-state index in [0.717, 1.165) is 63.9 Å². The highest BCUT2D eigenvalue weighted by atomic mass is 127. The smallest absolute Gasteiger partial charge is 0.222 e. The summed E-state index contributed by atoms with van der Waals surface area (Å²) in [7, 11) is 0. The summed E-state index contributed by atoms with van der Waals surface area (Å²) in [4.78, 5) is 21.0. The number of hydrogen-bond acceptors (Lipinski definition) is 4. The number of carbonyl (C=O) groups is 1. The lowest BCUT2D eigenvalue weighted by molar-refractivity contribution is -0.128. The van der Waals surface area contributed by atoms with Crippen molar-refractivity contribution < 1.29 is 9.53 Å². The van der Waals surface area contributed by atoms with E-state index in [1.54, 1.807) is 0 Å². The maximum absolute atomic E-state index is 11.9. The van der Waals surface area contributed by atoms with Crippen LogP contribution in [0, 0.1) is 0 Å². The van der Waals surface area contributed by atoms with Gasteiger partial charge in [0.05, 0.1) is 19.8 Å². The van der Waals surface area contributed by atoms with E-state index >= 15 is 0 Å². The van der Waals surface area contributed by atoms with Crippen molar-refractivity contribution in [3.8, 4) is 0 Å². The lowest BCUT2D eigenvalue weighted by Gasteiger charge is -2.32. The van der Waals surface area contributed by atoms with Crippen LogP contribution in [-0.2, 0) is 22.6 Å². The van der Waals surface area contributed by atoms with Crippen molar-refractivity contribution >= 4 is 35.8 Å². The molecule has 7 nitrogen and oxygen atoms in total. The van der Waals surface area contributed by atoms with Gasteiger partial charge in [0.1, 0.15) is 0 Å². The summed E-state index contributed by atoms with van der Waals surface area (Å²) in [5.41, 5.74) is 2.33. The topological polar surface area (TPSA) is 69.2 Å². The van der Waals surface area contributed by atoms with Crippen LogP contribution in [0.15, 0.2) is 29.3 Å². The summed E-state index contributed by atoms with van der Waals surface area (Å²) in [5, 5.41) is 6.80. The summed E-state index contributed by atoms with van der Waals surface area (Å²) in [6.45, 7) is 11.8. The average Bonchev–Trinajstić information content (AvgIpc) is 3.15. The van der Waals surface area contributed by atoms with Crippen molar-refractivity contribution in [3.63, 3.8) is 0 Å². The number of nitrogens with one attached hydrogen (secondary N) is 2. The van der Waals surface area contributed by atoms with E-state index < -0.39 is 0 Å². The molecule has 0 aromatic heterocycles. The number of morpholine rings is 1. The number of likely N-dealkylation sites (tertiary alicyclic amines) is 1. The maximum atomic E-state index is 11.9. The van der Waals surface area contributed by atoms with Gasteiger partial charge >= 0.3 is 0 Å². The van der Waals surface area contributed by atoms with Gasteiger partial charge < -0.3 is 20.3 Å². The molecular weight excluding hydrogens is 493 g/mol. The third-order valence-corrected chi connectivity index (χ3v) is 5.53. The fraction of sp³-hybridized carbons (Fsp3) is 0.636. The number of ether oxygens (including phenoxy) is 1. The Bertz CT molecular complexity index is 694. The summed E-state index contributed by atoms with van der Waals surface area (Å²) in [5.74, 6) is 1.11. The fourth-order valence-corrected chi connectivity index (χ4v) is 3.82. The van der Waals surface area contributed by atoms with Crippen LogP contribution in [-0.4, -0.2) is 73.6 Å². The first-order valence-corrected chi connectivity index (χ1v) is 10.8. The molecule has 3 rings (SSSR count). The largest absolute Gasteiger partial charge is 0.379 e. The summed E-state index contributed by atoms with van der Waals surface area (Å²) >= 11 is 0. The Morgan fingerprint density at radius 3 is 2.67 bits per heavy atom. The number of nitrogens with zero attached hydrogens (tertiary/aromatic N) is 3. The lowest BCUT2D eigenvalue weighted by atomic mass is 10.1. The molecule has 2 aliphatic heterocycles. The molecular formula is C22H36IN5O2. The average molecular weight is 529 g/mol. The molecule has 2 aliphatic rings. The van der Waals surface area contributed by atoms with E-state index in [1.807, 2.05) is 4.90 Å². The van der Waals surface area contributed by atoms with Crippen molar-refractivity contribution in [2.24, 2.45) is 4.99 Å². The molecule has 168 valence electrons. The van der Waals surface area contributed by atoms with E-state index in [4.69, 9.17) is 9.73 Å². The summed E-state index contributed by atoms with van der Waals surface area (Å²) < 4.78 is 5.44. The second kappa shape index (κ2) is 13.1. The van der Waals surface area contributed by atoms with Gasteiger partial charge in [0.15, 0.2) is 5.96 Å². The quantitative estimate of drug-likeness (QED) is 0.307. The van der Waals surface area contributed by atoms with E-state index in [-0.39, 0.29) is 29.9 Å². The third kappa shape index (κ3) is 7.70. The number of hydrogen-bond donors (Lipinski definition) is 2. The Morgan fingerprint density at radius 2 is 1.97 bits per heavy atom. The van der Waals surface area contributed by atoms with Gasteiger partial charge in [-0.15, -0.1) is 24.0 Å². The van der Waals surface area contributed by atoms with Crippen LogP contribution in [0.2, 0.25) is 0 Å².